The van der Waals surface area contributed by atoms with Gasteiger partial charge in [-0.3, -0.25) is 9.36 Å². The molecule has 0 spiro atoms. The van der Waals surface area contributed by atoms with Crippen LogP contribution in [0.25, 0.3) is 27.8 Å². The number of aryl methyl sites for hydroxylation is 2. The zero-order chi connectivity index (χ0) is 19.7. The van der Waals surface area contributed by atoms with Gasteiger partial charge in [-0.25, -0.2) is 0 Å². The topological polar surface area (TPSA) is 87.7 Å². The molecule has 0 atom stereocenters. The molecule has 0 fully saturated rings. The molecule has 4 rings (SSSR count). The highest BCUT2D eigenvalue weighted by Gasteiger charge is 2.18. The van der Waals surface area contributed by atoms with Crippen molar-refractivity contribution >= 4 is 11.0 Å². The highest BCUT2D eigenvalue weighted by atomic mass is 16.5. The first-order valence-corrected chi connectivity index (χ1v) is 9.13. The fraction of sp³-hybridized carbons (Fsp3) is 0.250. The first kappa shape index (κ1) is 17.8. The molecule has 3 aromatic heterocycles. The lowest BCUT2D eigenvalue weighted by atomic mass is 10.1. The highest BCUT2D eigenvalue weighted by Crippen LogP contribution is 2.26. The normalized spacial score (nSPS) is 11.1. The molecule has 0 saturated heterocycles. The van der Waals surface area contributed by atoms with Gasteiger partial charge in [-0.15, -0.1) is 5.10 Å². The van der Waals surface area contributed by atoms with Gasteiger partial charge in [0.1, 0.15) is 11.3 Å². The molecular formula is C20H20N6O2. The quantitative estimate of drug-likeness (QED) is 0.532. The predicted molar refractivity (Wildman–Crippen MR) is 106 cm³/mol. The Morgan fingerprint density at radius 3 is 2.57 bits per heavy atom. The molecule has 0 aliphatic rings. The smallest absolute Gasteiger partial charge is 0.285 e. The summed E-state index contributed by atoms with van der Waals surface area (Å²) < 4.78 is 7.17. The average Bonchev–Trinajstić information content (AvgIpc) is 3.15. The minimum atomic E-state index is -0.215. The summed E-state index contributed by atoms with van der Waals surface area (Å²) in [5, 5.41) is 16.7. The third kappa shape index (κ3) is 3.02. The van der Waals surface area contributed by atoms with Crippen molar-refractivity contribution in [2.24, 2.45) is 0 Å². The van der Waals surface area contributed by atoms with Crippen LogP contribution in [0.15, 0.2) is 47.7 Å². The van der Waals surface area contributed by atoms with E-state index >= 15 is 0 Å². The molecule has 0 N–H and O–H groups in total. The maximum Gasteiger partial charge on any atom is 0.285 e. The van der Waals surface area contributed by atoms with E-state index in [0.717, 1.165) is 28.1 Å². The molecule has 0 radical (unpaired) electrons. The van der Waals surface area contributed by atoms with Crippen LogP contribution in [-0.4, -0.2) is 36.4 Å². The van der Waals surface area contributed by atoms with Crippen molar-refractivity contribution in [1.82, 2.24) is 29.8 Å². The predicted octanol–water partition coefficient (Wildman–Crippen LogP) is 2.77. The Kier molecular flexibility index (Phi) is 4.60. The summed E-state index contributed by atoms with van der Waals surface area (Å²) in [4.78, 5) is 14.7. The Hall–Kier alpha value is -3.55. The molecule has 142 valence electrons. The van der Waals surface area contributed by atoms with Gasteiger partial charge in [-0.2, -0.15) is 20.1 Å². The van der Waals surface area contributed by atoms with Gasteiger partial charge in [0.05, 0.1) is 31.2 Å². The lowest BCUT2D eigenvalue weighted by Gasteiger charge is -2.13. The zero-order valence-electron chi connectivity index (χ0n) is 16.0. The molecule has 0 bridgehead atoms. The van der Waals surface area contributed by atoms with E-state index in [1.807, 2.05) is 45.0 Å². The van der Waals surface area contributed by atoms with Gasteiger partial charge >= 0.3 is 0 Å². The molecule has 0 aliphatic heterocycles. The molecule has 4 aromatic rings. The van der Waals surface area contributed by atoms with Crippen LogP contribution in [0.5, 0.6) is 5.75 Å². The lowest BCUT2D eigenvalue weighted by molar-refractivity contribution is 0.340. The second-order valence-electron chi connectivity index (χ2n) is 6.32. The summed E-state index contributed by atoms with van der Waals surface area (Å²) in [5.74, 6) is 0.772. The maximum absolute atomic E-state index is 13.2. The summed E-state index contributed by atoms with van der Waals surface area (Å²) in [6.45, 7) is 6.98. The number of rotatable bonds is 5. The van der Waals surface area contributed by atoms with Crippen molar-refractivity contribution in [2.75, 3.05) is 6.61 Å². The summed E-state index contributed by atoms with van der Waals surface area (Å²) in [6.07, 6.45) is 5.06. The van der Waals surface area contributed by atoms with E-state index < -0.39 is 0 Å². The van der Waals surface area contributed by atoms with Gasteiger partial charge in [-0.1, -0.05) is 0 Å². The third-order valence-corrected chi connectivity index (χ3v) is 4.51. The Morgan fingerprint density at radius 2 is 1.89 bits per heavy atom. The lowest BCUT2D eigenvalue weighted by Crippen LogP contribution is -2.19. The molecule has 3 heterocycles. The average molecular weight is 376 g/mol. The van der Waals surface area contributed by atoms with Crippen LogP contribution >= 0.6 is 0 Å². The van der Waals surface area contributed by atoms with Crippen LogP contribution in [0, 0.1) is 6.92 Å². The number of ether oxygens (including phenoxy) is 1. The summed E-state index contributed by atoms with van der Waals surface area (Å²) in [5.41, 5.74) is 3.95. The Labute approximate surface area is 161 Å². The van der Waals surface area contributed by atoms with E-state index in [0.29, 0.717) is 24.2 Å². The molecule has 0 amide bonds. The fourth-order valence-corrected chi connectivity index (χ4v) is 3.17. The number of hydrogen-bond acceptors (Lipinski definition) is 6. The van der Waals surface area contributed by atoms with E-state index in [-0.39, 0.29) is 5.56 Å². The monoisotopic (exact) mass is 376 g/mol. The van der Waals surface area contributed by atoms with Crippen LogP contribution in [0.3, 0.4) is 0 Å². The summed E-state index contributed by atoms with van der Waals surface area (Å²) in [6, 6.07) is 7.50. The van der Waals surface area contributed by atoms with Crippen LogP contribution in [0.4, 0.5) is 0 Å². The molecule has 1 aromatic carbocycles. The van der Waals surface area contributed by atoms with Crippen molar-refractivity contribution < 1.29 is 4.74 Å². The van der Waals surface area contributed by atoms with Crippen LogP contribution < -0.4 is 10.3 Å². The van der Waals surface area contributed by atoms with Gasteiger partial charge in [0.15, 0.2) is 5.52 Å². The first-order chi connectivity index (χ1) is 13.6. The Balaban J connectivity index is 2.00. The van der Waals surface area contributed by atoms with E-state index in [1.165, 1.54) is 4.80 Å². The zero-order valence-corrected chi connectivity index (χ0v) is 16.0. The number of pyridine rings is 1. The standard InChI is InChI=1S/C20H20N6O2/c1-4-26-23-18-16(14-8-9-21-22-11-14)12-25(20(27)19(18)24-26)17-7-6-15(28-5-2)10-13(17)3/h6-12H,4-5H2,1-3H3. The number of hydrogen-bond donors (Lipinski definition) is 0. The number of benzene rings is 1. The van der Waals surface area contributed by atoms with Gasteiger partial charge in [-0.05, 0) is 50.6 Å². The minimum absolute atomic E-state index is 0.215. The van der Waals surface area contributed by atoms with Gasteiger partial charge in [0.2, 0.25) is 0 Å². The van der Waals surface area contributed by atoms with E-state index in [1.54, 1.807) is 23.2 Å². The first-order valence-electron chi connectivity index (χ1n) is 9.13. The van der Waals surface area contributed by atoms with E-state index in [4.69, 9.17) is 4.74 Å². The second-order valence-corrected chi connectivity index (χ2v) is 6.32. The minimum Gasteiger partial charge on any atom is -0.494 e. The fourth-order valence-electron chi connectivity index (χ4n) is 3.17. The number of fused-ring (bicyclic) bond motifs is 1. The molecule has 0 saturated carbocycles. The van der Waals surface area contributed by atoms with Crippen molar-refractivity contribution in [3.8, 4) is 22.6 Å². The molecule has 0 unspecified atom stereocenters. The highest BCUT2D eigenvalue weighted by molar-refractivity contribution is 5.90. The van der Waals surface area contributed by atoms with Gasteiger partial charge in [0.25, 0.3) is 5.56 Å². The third-order valence-electron chi connectivity index (χ3n) is 4.51. The summed E-state index contributed by atoms with van der Waals surface area (Å²) >= 11 is 0. The number of nitrogens with zero attached hydrogens (tertiary/aromatic N) is 6. The van der Waals surface area contributed by atoms with Crippen molar-refractivity contribution in [3.63, 3.8) is 0 Å². The molecular weight excluding hydrogens is 356 g/mol. The maximum atomic E-state index is 13.2. The molecule has 8 nitrogen and oxygen atoms in total. The SMILES string of the molecule is CCOc1ccc(-n2cc(-c3ccnnc3)c3nn(CC)nc3c2=O)c(C)c1. The Morgan fingerprint density at radius 1 is 1.07 bits per heavy atom. The van der Waals surface area contributed by atoms with Crippen molar-refractivity contribution in [1.29, 1.82) is 0 Å². The van der Waals surface area contributed by atoms with Crippen molar-refractivity contribution in [2.45, 2.75) is 27.3 Å². The second kappa shape index (κ2) is 7.22. The largest absolute Gasteiger partial charge is 0.494 e. The van der Waals surface area contributed by atoms with E-state index in [9.17, 15) is 4.79 Å². The Bertz CT molecular complexity index is 1200. The molecule has 28 heavy (non-hydrogen) atoms. The number of aromatic nitrogens is 6. The van der Waals surface area contributed by atoms with Gasteiger partial charge in [0, 0.05) is 17.3 Å². The molecule has 8 heteroatoms. The van der Waals surface area contributed by atoms with Crippen LogP contribution in [0.1, 0.15) is 19.4 Å². The van der Waals surface area contributed by atoms with Crippen molar-refractivity contribution in [3.05, 3.63) is 58.8 Å². The van der Waals surface area contributed by atoms with Crippen LogP contribution in [-0.2, 0) is 6.54 Å². The van der Waals surface area contributed by atoms with Crippen LogP contribution in [0.2, 0.25) is 0 Å². The van der Waals surface area contributed by atoms with E-state index in [2.05, 4.69) is 20.4 Å². The summed E-state index contributed by atoms with van der Waals surface area (Å²) in [7, 11) is 0. The van der Waals surface area contributed by atoms with Gasteiger partial charge < -0.3 is 4.74 Å². The molecule has 0 aliphatic carbocycles.